The first-order chi connectivity index (χ1) is 9.54. The van der Waals surface area contributed by atoms with E-state index >= 15 is 0 Å². The zero-order chi connectivity index (χ0) is 14.7. The number of amides is 2. The molecule has 1 aromatic carbocycles. The number of esters is 1. The van der Waals surface area contributed by atoms with E-state index in [0.29, 0.717) is 21.9 Å². The summed E-state index contributed by atoms with van der Waals surface area (Å²) in [5, 5.41) is 5.75. The standard InChI is InChI=1S/C14H15ClN2O3/c1-3-20-13(18)11-8(2)16-14(19)17-12(11)9-6-4-5-7-10(9)15/h4-7,12H,3H2,1-2H3,(H2,16,17,19)/t12-/m1/s1. The van der Waals surface area contributed by atoms with E-state index in [9.17, 15) is 9.59 Å². The first-order valence-electron chi connectivity index (χ1n) is 6.24. The topological polar surface area (TPSA) is 67.4 Å². The molecule has 1 heterocycles. The molecule has 20 heavy (non-hydrogen) atoms. The maximum absolute atomic E-state index is 12.1. The number of halogens is 1. The minimum atomic E-state index is -0.614. The molecule has 0 unspecified atom stereocenters. The summed E-state index contributed by atoms with van der Waals surface area (Å²) in [6.07, 6.45) is 0. The lowest BCUT2D eigenvalue weighted by Gasteiger charge is -2.28. The van der Waals surface area contributed by atoms with Crippen molar-refractivity contribution in [3.05, 3.63) is 46.1 Å². The normalized spacial score (nSPS) is 18.4. The Balaban J connectivity index is 2.48. The number of carbonyl (C=O) groups is 2. The molecule has 106 valence electrons. The van der Waals surface area contributed by atoms with Gasteiger partial charge in [0, 0.05) is 10.7 Å². The zero-order valence-corrected chi connectivity index (χ0v) is 12.0. The summed E-state index contributed by atoms with van der Waals surface area (Å²) >= 11 is 6.15. The van der Waals surface area contributed by atoms with Crippen LogP contribution in [-0.4, -0.2) is 18.6 Å². The Labute approximate surface area is 121 Å². The average Bonchev–Trinajstić information content (AvgIpc) is 2.38. The van der Waals surface area contributed by atoms with E-state index in [1.165, 1.54) is 0 Å². The first kappa shape index (κ1) is 14.4. The molecule has 5 nitrogen and oxygen atoms in total. The van der Waals surface area contributed by atoms with E-state index in [1.54, 1.807) is 38.1 Å². The van der Waals surface area contributed by atoms with E-state index in [1.807, 2.05) is 0 Å². The molecule has 1 aromatic rings. The molecule has 0 aliphatic carbocycles. The van der Waals surface area contributed by atoms with Gasteiger partial charge in [-0.25, -0.2) is 9.59 Å². The number of nitrogens with one attached hydrogen (secondary N) is 2. The molecule has 0 radical (unpaired) electrons. The Morgan fingerprint density at radius 2 is 2.10 bits per heavy atom. The largest absolute Gasteiger partial charge is 0.463 e. The van der Waals surface area contributed by atoms with Gasteiger partial charge >= 0.3 is 12.0 Å². The van der Waals surface area contributed by atoms with E-state index in [4.69, 9.17) is 16.3 Å². The van der Waals surface area contributed by atoms with E-state index in [2.05, 4.69) is 10.6 Å². The molecule has 0 bridgehead atoms. The molecule has 0 spiro atoms. The summed E-state index contributed by atoms with van der Waals surface area (Å²) in [6.45, 7) is 3.65. The number of ether oxygens (including phenoxy) is 1. The minimum absolute atomic E-state index is 0.263. The molecular weight excluding hydrogens is 280 g/mol. The molecule has 2 N–H and O–H groups in total. The predicted octanol–water partition coefficient (Wildman–Crippen LogP) is 2.53. The Hall–Kier alpha value is -2.01. The summed E-state index contributed by atoms with van der Waals surface area (Å²) in [5.74, 6) is -0.470. The molecule has 6 heteroatoms. The van der Waals surface area contributed by atoms with Gasteiger partial charge in [-0.15, -0.1) is 0 Å². The van der Waals surface area contributed by atoms with Crippen molar-refractivity contribution in [3.63, 3.8) is 0 Å². The van der Waals surface area contributed by atoms with Crippen LogP contribution >= 0.6 is 11.6 Å². The highest BCUT2D eigenvalue weighted by atomic mass is 35.5. The van der Waals surface area contributed by atoms with Crippen LogP contribution in [0.2, 0.25) is 5.02 Å². The van der Waals surface area contributed by atoms with Crippen LogP contribution in [-0.2, 0) is 9.53 Å². The number of carbonyl (C=O) groups excluding carboxylic acids is 2. The van der Waals surface area contributed by atoms with Gasteiger partial charge in [-0.1, -0.05) is 29.8 Å². The number of hydrogen-bond donors (Lipinski definition) is 2. The molecule has 0 aromatic heterocycles. The number of urea groups is 1. The zero-order valence-electron chi connectivity index (χ0n) is 11.2. The quantitative estimate of drug-likeness (QED) is 0.842. The maximum atomic E-state index is 12.1. The van der Waals surface area contributed by atoms with E-state index in [0.717, 1.165) is 0 Å². The third-order valence-electron chi connectivity index (χ3n) is 2.98. The molecule has 0 saturated heterocycles. The molecule has 1 atom stereocenters. The van der Waals surface area contributed by atoms with Gasteiger partial charge in [-0.2, -0.15) is 0 Å². The van der Waals surface area contributed by atoms with Crippen LogP contribution < -0.4 is 10.6 Å². The van der Waals surface area contributed by atoms with Crippen molar-refractivity contribution >= 4 is 23.6 Å². The number of allylic oxidation sites excluding steroid dienone is 1. The van der Waals surface area contributed by atoms with Crippen molar-refractivity contribution in [2.24, 2.45) is 0 Å². The Morgan fingerprint density at radius 1 is 1.40 bits per heavy atom. The van der Waals surface area contributed by atoms with Gasteiger partial charge in [0.25, 0.3) is 0 Å². The van der Waals surface area contributed by atoms with Crippen molar-refractivity contribution in [3.8, 4) is 0 Å². The van der Waals surface area contributed by atoms with E-state index in [-0.39, 0.29) is 12.6 Å². The molecule has 0 saturated carbocycles. The number of hydrogen-bond acceptors (Lipinski definition) is 3. The molecule has 2 amide bonds. The van der Waals surface area contributed by atoms with Crippen LogP contribution in [0.4, 0.5) is 4.79 Å². The summed E-state index contributed by atoms with van der Waals surface area (Å²) in [5.41, 5.74) is 1.49. The van der Waals surface area contributed by atoms with Crippen LogP contribution in [0.25, 0.3) is 0 Å². The van der Waals surface area contributed by atoms with Crippen LogP contribution in [0.1, 0.15) is 25.5 Å². The van der Waals surface area contributed by atoms with Crippen molar-refractivity contribution in [1.29, 1.82) is 0 Å². The number of rotatable bonds is 3. The monoisotopic (exact) mass is 294 g/mol. The fourth-order valence-electron chi connectivity index (χ4n) is 2.12. The second-order valence-corrected chi connectivity index (χ2v) is 4.72. The van der Waals surface area contributed by atoms with Crippen LogP contribution in [0, 0.1) is 0 Å². The summed E-state index contributed by atoms with van der Waals surface area (Å²) in [7, 11) is 0. The van der Waals surface area contributed by atoms with Gasteiger partial charge in [0.05, 0.1) is 18.2 Å². The second kappa shape index (κ2) is 5.96. The first-order valence-corrected chi connectivity index (χ1v) is 6.62. The SMILES string of the molecule is CCOC(=O)C1=C(C)NC(=O)N[C@@H]1c1ccccc1Cl. The van der Waals surface area contributed by atoms with Gasteiger partial charge < -0.3 is 15.4 Å². The van der Waals surface area contributed by atoms with Gasteiger partial charge in [-0.3, -0.25) is 0 Å². The average molecular weight is 295 g/mol. The third kappa shape index (κ3) is 2.77. The molecule has 0 fully saturated rings. The fraction of sp³-hybridized carbons (Fsp3) is 0.286. The summed E-state index contributed by atoms with van der Waals surface area (Å²) < 4.78 is 5.05. The Kier molecular flexibility index (Phi) is 4.29. The summed E-state index contributed by atoms with van der Waals surface area (Å²) in [6, 6.07) is 6.08. The predicted molar refractivity (Wildman–Crippen MR) is 75.2 cm³/mol. The fourth-order valence-corrected chi connectivity index (χ4v) is 2.36. The van der Waals surface area contributed by atoms with Crippen molar-refractivity contribution in [2.75, 3.05) is 6.61 Å². The lowest BCUT2D eigenvalue weighted by atomic mass is 9.95. The van der Waals surface area contributed by atoms with Gasteiger partial charge in [0.15, 0.2) is 0 Å². The van der Waals surface area contributed by atoms with Crippen LogP contribution in [0.3, 0.4) is 0 Å². The van der Waals surface area contributed by atoms with Gasteiger partial charge in [0.2, 0.25) is 0 Å². The maximum Gasteiger partial charge on any atom is 0.338 e. The molecule has 1 aliphatic heterocycles. The van der Waals surface area contributed by atoms with Crippen molar-refractivity contribution in [2.45, 2.75) is 19.9 Å². The highest BCUT2D eigenvalue weighted by Crippen LogP contribution is 2.31. The highest BCUT2D eigenvalue weighted by Gasteiger charge is 2.32. The molecular formula is C14H15ClN2O3. The molecule has 1 aliphatic rings. The smallest absolute Gasteiger partial charge is 0.338 e. The third-order valence-corrected chi connectivity index (χ3v) is 3.32. The lowest BCUT2D eigenvalue weighted by Crippen LogP contribution is -2.45. The minimum Gasteiger partial charge on any atom is -0.463 e. The summed E-state index contributed by atoms with van der Waals surface area (Å²) in [4.78, 5) is 23.7. The lowest BCUT2D eigenvalue weighted by molar-refractivity contribution is -0.139. The molecule has 2 rings (SSSR count). The van der Waals surface area contributed by atoms with Gasteiger partial charge in [-0.05, 0) is 25.5 Å². The van der Waals surface area contributed by atoms with Crippen LogP contribution in [0.5, 0.6) is 0 Å². The van der Waals surface area contributed by atoms with E-state index < -0.39 is 12.0 Å². The van der Waals surface area contributed by atoms with Crippen LogP contribution in [0.15, 0.2) is 35.5 Å². The highest BCUT2D eigenvalue weighted by molar-refractivity contribution is 6.31. The van der Waals surface area contributed by atoms with Gasteiger partial charge in [0.1, 0.15) is 0 Å². The van der Waals surface area contributed by atoms with Crippen molar-refractivity contribution < 1.29 is 14.3 Å². The second-order valence-electron chi connectivity index (χ2n) is 4.31. The Bertz CT molecular complexity index is 584. The van der Waals surface area contributed by atoms with Crippen molar-refractivity contribution in [1.82, 2.24) is 10.6 Å². The number of benzene rings is 1. The Morgan fingerprint density at radius 3 is 2.75 bits per heavy atom.